The molecular weight excluding hydrogens is 366 g/mol. The van der Waals surface area contributed by atoms with Crippen molar-refractivity contribution in [2.24, 2.45) is 0 Å². The fourth-order valence-corrected chi connectivity index (χ4v) is 4.22. The van der Waals surface area contributed by atoms with Crippen molar-refractivity contribution < 1.29 is 14.3 Å². The topological polar surface area (TPSA) is 62.7 Å². The largest absolute Gasteiger partial charge is 0.490 e. The predicted molar refractivity (Wildman–Crippen MR) is 112 cm³/mol. The zero-order chi connectivity index (χ0) is 20.4. The number of aromatic nitrogens is 1. The summed E-state index contributed by atoms with van der Waals surface area (Å²) in [6.45, 7) is 3.22. The van der Waals surface area contributed by atoms with Gasteiger partial charge < -0.3 is 14.5 Å². The first-order valence-electron chi connectivity index (χ1n) is 10.3. The number of hydrogen-bond acceptors (Lipinski definition) is 4. The molecule has 6 nitrogen and oxygen atoms in total. The van der Waals surface area contributed by atoms with E-state index >= 15 is 0 Å². The van der Waals surface area contributed by atoms with Gasteiger partial charge in [-0.15, -0.1) is 0 Å². The van der Waals surface area contributed by atoms with Crippen molar-refractivity contribution in [1.82, 2.24) is 9.88 Å². The second-order valence-corrected chi connectivity index (χ2v) is 7.75. The number of rotatable bonds is 5. The molecule has 1 aromatic carbocycles. The van der Waals surface area contributed by atoms with Gasteiger partial charge in [-0.05, 0) is 48.6 Å². The van der Waals surface area contributed by atoms with E-state index in [0.717, 1.165) is 42.6 Å². The van der Waals surface area contributed by atoms with E-state index in [1.807, 2.05) is 43.3 Å². The highest BCUT2D eigenvalue weighted by Gasteiger charge is 2.28. The highest BCUT2D eigenvalue weighted by molar-refractivity contribution is 5.96. The lowest BCUT2D eigenvalue weighted by Crippen LogP contribution is -2.38. The number of nitrogens with zero attached hydrogens (tertiary/aromatic N) is 3. The minimum absolute atomic E-state index is 0.142. The van der Waals surface area contributed by atoms with E-state index in [1.54, 1.807) is 11.1 Å². The third-order valence-corrected chi connectivity index (χ3v) is 5.91. The molecule has 2 aliphatic heterocycles. The van der Waals surface area contributed by atoms with Gasteiger partial charge in [-0.25, -0.2) is 0 Å². The van der Waals surface area contributed by atoms with Crippen LogP contribution in [0.15, 0.2) is 36.7 Å². The SMILES string of the molecule is CCC(=O)N1CCCC1COc1cncc(-c2ccc3c(c2)CCC(=O)N3C)c1. The van der Waals surface area contributed by atoms with Crippen molar-refractivity contribution in [2.75, 3.05) is 25.1 Å². The number of benzene rings is 1. The molecule has 0 aliphatic carbocycles. The Bertz CT molecular complexity index is 927. The van der Waals surface area contributed by atoms with Crippen LogP contribution in [-0.4, -0.2) is 47.9 Å². The smallest absolute Gasteiger partial charge is 0.227 e. The van der Waals surface area contributed by atoms with Gasteiger partial charge in [0.1, 0.15) is 12.4 Å². The molecule has 4 rings (SSSR count). The molecule has 1 atom stereocenters. The number of fused-ring (bicyclic) bond motifs is 1. The molecule has 0 spiro atoms. The summed E-state index contributed by atoms with van der Waals surface area (Å²) in [5, 5.41) is 0. The zero-order valence-electron chi connectivity index (χ0n) is 17.1. The van der Waals surface area contributed by atoms with Crippen molar-refractivity contribution in [2.45, 2.75) is 45.1 Å². The first kappa shape index (κ1) is 19.4. The van der Waals surface area contributed by atoms with Crippen LogP contribution < -0.4 is 9.64 Å². The van der Waals surface area contributed by atoms with Crippen LogP contribution in [-0.2, 0) is 16.0 Å². The Kier molecular flexibility index (Phi) is 5.51. The number of likely N-dealkylation sites (tertiary alicyclic amines) is 1. The number of anilines is 1. The number of carbonyl (C=O) groups is 2. The van der Waals surface area contributed by atoms with E-state index in [1.165, 1.54) is 5.56 Å². The van der Waals surface area contributed by atoms with Gasteiger partial charge in [0.2, 0.25) is 11.8 Å². The van der Waals surface area contributed by atoms with Gasteiger partial charge >= 0.3 is 0 Å². The Balaban J connectivity index is 1.48. The van der Waals surface area contributed by atoms with Crippen LogP contribution in [0.5, 0.6) is 5.75 Å². The van der Waals surface area contributed by atoms with E-state index in [9.17, 15) is 9.59 Å². The molecular formula is C23H27N3O3. The van der Waals surface area contributed by atoms with Gasteiger partial charge in [-0.1, -0.05) is 13.0 Å². The van der Waals surface area contributed by atoms with Crippen LogP contribution in [0.4, 0.5) is 5.69 Å². The van der Waals surface area contributed by atoms with Gasteiger partial charge in [-0.3, -0.25) is 14.6 Å². The fraction of sp³-hybridized carbons (Fsp3) is 0.435. The van der Waals surface area contributed by atoms with Crippen LogP contribution in [0, 0.1) is 0 Å². The molecule has 29 heavy (non-hydrogen) atoms. The lowest BCUT2D eigenvalue weighted by Gasteiger charge is -2.26. The molecule has 2 aliphatic rings. The van der Waals surface area contributed by atoms with Gasteiger partial charge in [0, 0.05) is 43.9 Å². The minimum Gasteiger partial charge on any atom is -0.490 e. The van der Waals surface area contributed by atoms with Crippen LogP contribution >= 0.6 is 0 Å². The van der Waals surface area contributed by atoms with E-state index < -0.39 is 0 Å². The number of pyridine rings is 1. The maximum absolute atomic E-state index is 12.1. The maximum atomic E-state index is 12.1. The summed E-state index contributed by atoms with van der Waals surface area (Å²) in [6.07, 6.45) is 7.40. The molecule has 0 N–H and O–H groups in total. The third kappa shape index (κ3) is 3.97. The Morgan fingerprint density at radius 1 is 1.21 bits per heavy atom. The quantitative estimate of drug-likeness (QED) is 0.781. The lowest BCUT2D eigenvalue weighted by atomic mass is 9.97. The molecule has 0 saturated carbocycles. The van der Waals surface area contributed by atoms with Crippen molar-refractivity contribution in [3.05, 3.63) is 42.2 Å². The molecule has 152 valence electrons. The molecule has 6 heteroatoms. The predicted octanol–water partition coefficient (Wildman–Crippen LogP) is 3.44. The van der Waals surface area contributed by atoms with Crippen molar-refractivity contribution in [1.29, 1.82) is 0 Å². The minimum atomic E-state index is 0.142. The average Bonchev–Trinajstić information content (AvgIpc) is 3.23. The Labute approximate surface area is 171 Å². The lowest BCUT2D eigenvalue weighted by molar-refractivity contribution is -0.132. The highest BCUT2D eigenvalue weighted by Crippen LogP contribution is 2.32. The van der Waals surface area contributed by atoms with E-state index in [2.05, 4.69) is 11.1 Å². The number of carbonyl (C=O) groups excluding carboxylic acids is 2. The molecule has 0 radical (unpaired) electrons. The van der Waals surface area contributed by atoms with Crippen LogP contribution in [0.3, 0.4) is 0 Å². The van der Waals surface area contributed by atoms with E-state index in [4.69, 9.17) is 4.74 Å². The van der Waals surface area contributed by atoms with Gasteiger partial charge in [0.25, 0.3) is 0 Å². The summed E-state index contributed by atoms with van der Waals surface area (Å²) in [4.78, 5) is 32.0. The molecule has 2 aromatic rings. The fourth-order valence-electron chi connectivity index (χ4n) is 4.22. The van der Waals surface area contributed by atoms with Gasteiger partial charge in [0.05, 0.1) is 12.2 Å². The van der Waals surface area contributed by atoms with Gasteiger partial charge in [0.15, 0.2) is 0 Å². The summed E-state index contributed by atoms with van der Waals surface area (Å²) in [7, 11) is 1.83. The standard InChI is InChI=1S/C23H27N3O3/c1-3-22(27)26-10-4-5-19(26)15-29-20-12-18(13-24-14-20)16-6-8-21-17(11-16)7-9-23(28)25(21)2/h6,8,11-14,19H,3-5,7,9-10,15H2,1-2H3. The molecule has 2 amide bonds. The monoisotopic (exact) mass is 393 g/mol. The zero-order valence-corrected chi connectivity index (χ0v) is 17.1. The number of aryl methyl sites for hydroxylation is 1. The second kappa shape index (κ2) is 8.23. The Morgan fingerprint density at radius 2 is 2.07 bits per heavy atom. The molecule has 1 unspecified atom stereocenters. The van der Waals surface area contributed by atoms with Crippen molar-refractivity contribution in [3.8, 4) is 16.9 Å². The first-order chi connectivity index (χ1) is 14.1. The Morgan fingerprint density at radius 3 is 2.90 bits per heavy atom. The summed E-state index contributed by atoms with van der Waals surface area (Å²) in [5.41, 5.74) is 4.20. The summed E-state index contributed by atoms with van der Waals surface area (Å²) in [5.74, 6) is 1.06. The summed E-state index contributed by atoms with van der Waals surface area (Å²) < 4.78 is 6.01. The number of amides is 2. The molecule has 0 bridgehead atoms. The van der Waals surface area contributed by atoms with Crippen molar-refractivity contribution >= 4 is 17.5 Å². The molecule has 1 aromatic heterocycles. The second-order valence-electron chi connectivity index (χ2n) is 7.75. The Hall–Kier alpha value is -2.89. The third-order valence-electron chi connectivity index (χ3n) is 5.91. The van der Waals surface area contributed by atoms with Crippen LogP contribution in [0.2, 0.25) is 0 Å². The average molecular weight is 393 g/mol. The van der Waals surface area contributed by atoms with E-state index in [0.29, 0.717) is 25.2 Å². The first-order valence-corrected chi connectivity index (χ1v) is 10.3. The maximum Gasteiger partial charge on any atom is 0.227 e. The normalized spacial score (nSPS) is 18.7. The summed E-state index contributed by atoms with van der Waals surface area (Å²) >= 11 is 0. The van der Waals surface area contributed by atoms with Crippen LogP contribution in [0.1, 0.15) is 38.2 Å². The van der Waals surface area contributed by atoms with Gasteiger partial charge in [-0.2, -0.15) is 0 Å². The number of ether oxygens (including phenoxy) is 1. The highest BCUT2D eigenvalue weighted by atomic mass is 16.5. The van der Waals surface area contributed by atoms with Crippen molar-refractivity contribution in [3.63, 3.8) is 0 Å². The molecule has 1 fully saturated rings. The number of hydrogen-bond donors (Lipinski definition) is 0. The summed E-state index contributed by atoms with van der Waals surface area (Å²) in [6, 6.07) is 8.29. The van der Waals surface area contributed by atoms with E-state index in [-0.39, 0.29) is 17.9 Å². The molecule has 1 saturated heterocycles. The molecule has 3 heterocycles. The van der Waals surface area contributed by atoms with Crippen LogP contribution in [0.25, 0.3) is 11.1 Å².